The van der Waals surface area contributed by atoms with Crippen LogP contribution in [0.1, 0.15) is 297 Å². The average Bonchev–Trinajstić information content (AvgIpc) is 3.31. The van der Waals surface area contributed by atoms with Gasteiger partial charge < -0.3 is 14.2 Å². The standard InChI is InChI=1S/C58H107NO9S/c1-6-9-12-15-18-21-24-27-30-33-36-39-42-45-48-51-54(60)66-58(57(4,59-5)69(63,64)65,67-55(61)52-49-46-43-40-37-34-31-28-25-22-19-16-13-10-7-2)68-56(62)53-50-47-44-41-38-35-32-29-26-23-20-17-14-11-8-3/h27-32,59H,6-26,33-53H2,1-5H3,(H,63,64,65). The molecule has 0 bridgehead atoms. The second-order valence-electron chi connectivity index (χ2n) is 19.7. The molecule has 0 aliphatic carbocycles. The molecule has 0 saturated heterocycles. The lowest BCUT2D eigenvalue weighted by molar-refractivity contribution is -0.347. The molecule has 0 rings (SSSR count). The van der Waals surface area contributed by atoms with Gasteiger partial charge in [-0.15, -0.1) is 0 Å². The van der Waals surface area contributed by atoms with Crippen LogP contribution in [0.3, 0.4) is 0 Å². The van der Waals surface area contributed by atoms with Gasteiger partial charge in [-0.25, -0.2) is 0 Å². The Kier molecular flexibility index (Phi) is 44.9. The molecule has 10 nitrogen and oxygen atoms in total. The zero-order valence-electron chi connectivity index (χ0n) is 45.3. The Hall–Kier alpha value is -2.50. The van der Waals surface area contributed by atoms with Crippen LogP contribution in [-0.4, -0.2) is 48.8 Å². The van der Waals surface area contributed by atoms with Crippen molar-refractivity contribution in [1.82, 2.24) is 5.32 Å². The van der Waals surface area contributed by atoms with E-state index in [1.54, 1.807) is 0 Å². The molecule has 404 valence electrons. The number of carbonyl (C=O) groups is 3. The summed E-state index contributed by atoms with van der Waals surface area (Å²) in [6.45, 7) is 7.70. The van der Waals surface area contributed by atoms with Crippen molar-refractivity contribution in [3.8, 4) is 0 Å². The Morgan fingerprint density at radius 2 is 0.594 bits per heavy atom. The Morgan fingerprint density at radius 1 is 0.391 bits per heavy atom. The van der Waals surface area contributed by atoms with Crippen molar-refractivity contribution in [2.75, 3.05) is 7.05 Å². The molecule has 0 fully saturated rings. The van der Waals surface area contributed by atoms with Crippen molar-refractivity contribution in [2.24, 2.45) is 0 Å². The second kappa shape index (κ2) is 46.6. The van der Waals surface area contributed by atoms with Crippen LogP contribution in [-0.2, 0) is 38.7 Å². The first-order valence-electron chi connectivity index (χ1n) is 28.7. The van der Waals surface area contributed by atoms with E-state index in [9.17, 15) is 27.4 Å². The highest BCUT2D eigenvalue weighted by molar-refractivity contribution is 7.87. The maximum atomic E-state index is 13.5. The maximum Gasteiger partial charge on any atom is 0.460 e. The third-order valence-electron chi connectivity index (χ3n) is 13.2. The van der Waals surface area contributed by atoms with Gasteiger partial charge in [0.1, 0.15) is 0 Å². The van der Waals surface area contributed by atoms with Crippen molar-refractivity contribution in [3.63, 3.8) is 0 Å². The van der Waals surface area contributed by atoms with Crippen LogP contribution in [0.25, 0.3) is 0 Å². The molecule has 0 amide bonds. The lowest BCUT2D eigenvalue weighted by atomic mass is 10.1. The molecule has 0 aliphatic heterocycles. The third kappa shape index (κ3) is 37.0. The highest BCUT2D eigenvalue weighted by atomic mass is 32.2. The van der Waals surface area contributed by atoms with E-state index in [4.69, 9.17) is 14.2 Å². The van der Waals surface area contributed by atoms with Crippen LogP contribution in [0.2, 0.25) is 0 Å². The summed E-state index contributed by atoms with van der Waals surface area (Å²) in [5.41, 5.74) is 0. The molecule has 0 spiro atoms. The van der Waals surface area contributed by atoms with Gasteiger partial charge in [0.25, 0.3) is 15.0 Å². The summed E-state index contributed by atoms with van der Waals surface area (Å²) in [5.74, 6) is -5.81. The quantitative estimate of drug-likeness (QED) is 0.0199. The van der Waals surface area contributed by atoms with Crippen LogP contribution in [0.4, 0.5) is 0 Å². The van der Waals surface area contributed by atoms with Crippen molar-refractivity contribution in [3.05, 3.63) is 36.5 Å². The number of unbranched alkanes of at least 4 members (excludes halogenated alkanes) is 33. The first-order chi connectivity index (χ1) is 33.4. The van der Waals surface area contributed by atoms with E-state index in [0.29, 0.717) is 19.3 Å². The number of ether oxygens (including phenoxy) is 3. The van der Waals surface area contributed by atoms with Gasteiger partial charge in [-0.05, 0) is 110 Å². The smallest absolute Gasteiger partial charge is 0.386 e. The summed E-state index contributed by atoms with van der Waals surface area (Å²) in [4.78, 5) is 37.9. The van der Waals surface area contributed by atoms with E-state index in [0.717, 1.165) is 122 Å². The third-order valence-corrected chi connectivity index (χ3v) is 14.7. The van der Waals surface area contributed by atoms with Gasteiger partial charge in [0.2, 0.25) is 0 Å². The van der Waals surface area contributed by atoms with Gasteiger partial charge in [-0.3, -0.25) is 24.3 Å². The number of allylic oxidation sites excluding steroid dienone is 6. The van der Waals surface area contributed by atoms with E-state index >= 15 is 0 Å². The number of hydrogen-bond acceptors (Lipinski definition) is 9. The summed E-state index contributed by atoms with van der Waals surface area (Å²) in [5, 5.41) is 2.46. The number of likely N-dealkylation sites (N-methyl/N-ethyl adjacent to an activating group) is 1. The molecular weight excluding hydrogens is 887 g/mol. The molecule has 0 radical (unpaired) electrons. The lowest BCUT2D eigenvalue weighted by Crippen LogP contribution is -2.69. The van der Waals surface area contributed by atoms with Crippen molar-refractivity contribution in [1.29, 1.82) is 0 Å². The minimum absolute atomic E-state index is 0.122. The number of nitrogens with one attached hydrogen (secondary N) is 1. The fourth-order valence-corrected chi connectivity index (χ4v) is 9.12. The molecule has 0 saturated carbocycles. The molecule has 1 unspecified atom stereocenters. The van der Waals surface area contributed by atoms with E-state index in [1.165, 1.54) is 123 Å². The number of esters is 3. The first-order valence-corrected chi connectivity index (χ1v) is 30.1. The van der Waals surface area contributed by atoms with Crippen molar-refractivity contribution >= 4 is 28.0 Å². The van der Waals surface area contributed by atoms with Gasteiger partial charge in [-0.2, -0.15) is 8.42 Å². The van der Waals surface area contributed by atoms with Crippen LogP contribution < -0.4 is 5.32 Å². The summed E-state index contributed by atoms with van der Waals surface area (Å²) in [6, 6.07) is 0. The highest BCUT2D eigenvalue weighted by Gasteiger charge is 2.67. The largest absolute Gasteiger partial charge is 0.460 e. The van der Waals surface area contributed by atoms with Crippen molar-refractivity contribution < 1.29 is 41.6 Å². The zero-order valence-corrected chi connectivity index (χ0v) is 46.1. The lowest BCUT2D eigenvalue weighted by Gasteiger charge is -2.41. The number of rotatable bonds is 51. The zero-order chi connectivity index (χ0) is 51.0. The highest BCUT2D eigenvalue weighted by Crippen LogP contribution is 2.36. The predicted octanol–water partition coefficient (Wildman–Crippen LogP) is 17.2. The Morgan fingerprint density at radius 3 is 0.797 bits per heavy atom. The molecular formula is C58H107NO9S. The van der Waals surface area contributed by atoms with Crippen molar-refractivity contribution in [2.45, 2.75) is 308 Å². The maximum absolute atomic E-state index is 13.5. The minimum atomic E-state index is -5.22. The normalized spacial score (nSPS) is 13.9. The first kappa shape index (κ1) is 66.5. The topological polar surface area (TPSA) is 145 Å². The van der Waals surface area contributed by atoms with E-state index in [2.05, 4.69) is 62.5 Å². The van der Waals surface area contributed by atoms with Crippen LogP contribution in [0.5, 0.6) is 0 Å². The number of carbonyl (C=O) groups excluding carboxylic acids is 3. The molecule has 0 aromatic heterocycles. The van der Waals surface area contributed by atoms with Gasteiger partial charge in [0.05, 0.1) is 0 Å². The Balaban J connectivity index is 5.39. The van der Waals surface area contributed by atoms with Gasteiger partial charge >= 0.3 is 23.9 Å². The molecule has 11 heteroatoms. The Bertz CT molecular complexity index is 1300. The monoisotopic (exact) mass is 994 g/mol. The molecule has 0 aromatic rings. The molecule has 69 heavy (non-hydrogen) atoms. The molecule has 0 aliphatic rings. The van der Waals surface area contributed by atoms with E-state index in [-0.39, 0.29) is 19.3 Å². The van der Waals surface area contributed by atoms with E-state index < -0.39 is 38.9 Å². The average molecular weight is 995 g/mol. The van der Waals surface area contributed by atoms with Gasteiger partial charge in [-0.1, -0.05) is 211 Å². The summed E-state index contributed by atoms with van der Waals surface area (Å²) >= 11 is 0. The van der Waals surface area contributed by atoms with Gasteiger partial charge in [0.15, 0.2) is 0 Å². The van der Waals surface area contributed by atoms with Crippen LogP contribution in [0.15, 0.2) is 36.5 Å². The minimum Gasteiger partial charge on any atom is -0.386 e. The molecule has 0 aromatic carbocycles. The fraction of sp³-hybridized carbons (Fsp3) is 0.845. The Labute approximate surface area is 424 Å². The number of hydrogen-bond donors (Lipinski definition) is 2. The molecule has 2 N–H and O–H groups in total. The van der Waals surface area contributed by atoms with Crippen LogP contribution >= 0.6 is 0 Å². The second-order valence-corrected chi connectivity index (χ2v) is 21.5. The summed E-state index contributed by atoms with van der Waals surface area (Å²) in [6.07, 6.45) is 55.4. The SMILES string of the molecule is CCCCCCCCC=CCCCCCCCC(=O)OC(OC(=O)CCCCCCCC=CCCCCCCCC)(OC(=O)CCCCCCCC=CCCCCCCCC)C(C)(NC)S(=O)(=O)O. The molecule has 0 heterocycles. The van der Waals surface area contributed by atoms with E-state index in [1.807, 2.05) is 0 Å². The van der Waals surface area contributed by atoms with Gasteiger partial charge in [0, 0.05) is 19.3 Å². The predicted molar refractivity (Wildman–Crippen MR) is 288 cm³/mol. The summed E-state index contributed by atoms with van der Waals surface area (Å²) in [7, 11) is -4.02. The summed E-state index contributed by atoms with van der Waals surface area (Å²) < 4.78 is 53.9. The van der Waals surface area contributed by atoms with Crippen LogP contribution in [0, 0.1) is 0 Å². The molecule has 1 atom stereocenters. The fourth-order valence-electron chi connectivity index (χ4n) is 8.42.